The van der Waals surface area contributed by atoms with Gasteiger partial charge in [-0.1, -0.05) is 32.0 Å². The number of anilines is 1. The summed E-state index contributed by atoms with van der Waals surface area (Å²) in [6, 6.07) is 11.7. The summed E-state index contributed by atoms with van der Waals surface area (Å²) in [7, 11) is 0. The van der Waals surface area contributed by atoms with Gasteiger partial charge in [0.2, 0.25) is 5.91 Å². The lowest BCUT2D eigenvalue weighted by Crippen LogP contribution is -2.13. The van der Waals surface area contributed by atoms with E-state index in [4.69, 9.17) is 0 Å². The third kappa shape index (κ3) is 3.18. The van der Waals surface area contributed by atoms with Crippen LogP contribution >= 0.6 is 0 Å². The summed E-state index contributed by atoms with van der Waals surface area (Å²) in [5, 5.41) is 3.45. The Labute approximate surface area is 145 Å². The minimum Gasteiger partial charge on any atom is -0.322 e. The predicted octanol–water partition coefficient (Wildman–Crippen LogP) is 4.82. The van der Waals surface area contributed by atoms with Crippen molar-refractivity contribution in [3.63, 3.8) is 0 Å². The van der Waals surface area contributed by atoms with Gasteiger partial charge in [0, 0.05) is 24.2 Å². The molecular formula is C20H19FN2O2. The van der Waals surface area contributed by atoms with Crippen LogP contribution in [0.4, 0.5) is 10.1 Å². The Morgan fingerprint density at radius 3 is 2.52 bits per heavy atom. The van der Waals surface area contributed by atoms with Gasteiger partial charge >= 0.3 is 0 Å². The lowest BCUT2D eigenvalue weighted by Gasteiger charge is -2.13. The molecule has 0 fully saturated rings. The second-order valence-electron chi connectivity index (χ2n) is 6.29. The average molecular weight is 338 g/mol. The van der Waals surface area contributed by atoms with E-state index in [2.05, 4.69) is 19.2 Å². The molecule has 0 aliphatic heterocycles. The van der Waals surface area contributed by atoms with Crippen molar-refractivity contribution in [3.05, 3.63) is 65.6 Å². The fraction of sp³-hybridized carbons (Fsp3) is 0.200. The van der Waals surface area contributed by atoms with Crippen molar-refractivity contribution < 1.29 is 14.0 Å². The van der Waals surface area contributed by atoms with Crippen molar-refractivity contribution in [2.24, 2.45) is 0 Å². The molecule has 0 spiro atoms. The second-order valence-corrected chi connectivity index (χ2v) is 6.29. The summed E-state index contributed by atoms with van der Waals surface area (Å²) in [6.45, 7) is 5.48. The molecule has 0 saturated heterocycles. The third-order valence-electron chi connectivity index (χ3n) is 4.18. The fourth-order valence-electron chi connectivity index (χ4n) is 2.95. The highest BCUT2D eigenvalue weighted by molar-refractivity contribution is 6.14. The van der Waals surface area contributed by atoms with Crippen molar-refractivity contribution in [1.82, 2.24) is 4.57 Å². The summed E-state index contributed by atoms with van der Waals surface area (Å²) in [5.74, 6) is -0.809. The van der Waals surface area contributed by atoms with Gasteiger partial charge in [0.05, 0.1) is 11.1 Å². The van der Waals surface area contributed by atoms with Gasteiger partial charge in [-0.15, -0.1) is 0 Å². The number of nitrogens with one attached hydrogen (secondary N) is 1. The summed E-state index contributed by atoms with van der Waals surface area (Å²) in [5.41, 5.74) is 2.48. The van der Waals surface area contributed by atoms with Crippen molar-refractivity contribution in [2.45, 2.75) is 26.7 Å². The van der Waals surface area contributed by atoms with Crippen LogP contribution in [0.2, 0.25) is 0 Å². The maximum Gasteiger partial charge on any atom is 0.257 e. The highest BCUT2D eigenvalue weighted by atomic mass is 19.1. The lowest BCUT2D eigenvalue weighted by atomic mass is 10.0. The quantitative estimate of drug-likeness (QED) is 0.744. The Hall–Kier alpha value is -2.95. The Morgan fingerprint density at radius 1 is 1.12 bits per heavy atom. The van der Waals surface area contributed by atoms with Crippen molar-refractivity contribution in [2.75, 3.05) is 5.32 Å². The standard InChI is InChI=1S/C20H19FN2O2/c1-12(2)15-6-4-5-7-18(15)22-20(25)17-11-23(13(3)24)19-10-14(21)8-9-16(17)19/h4-12H,1-3H3,(H,22,25). The van der Waals surface area contributed by atoms with Crippen LogP contribution in [-0.2, 0) is 0 Å². The van der Waals surface area contributed by atoms with Gasteiger partial charge in [0.1, 0.15) is 5.82 Å². The second kappa shape index (κ2) is 6.51. The predicted molar refractivity (Wildman–Crippen MR) is 96.7 cm³/mol. The van der Waals surface area contributed by atoms with Gasteiger partial charge in [0.15, 0.2) is 0 Å². The molecule has 5 heteroatoms. The Bertz CT molecular complexity index is 973. The van der Waals surface area contributed by atoms with Crippen LogP contribution in [0.3, 0.4) is 0 Å². The molecule has 1 heterocycles. The first-order valence-corrected chi connectivity index (χ1v) is 8.10. The van der Waals surface area contributed by atoms with E-state index in [0.29, 0.717) is 16.5 Å². The van der Waals surface area contributed by atoms with Gasteiger partial charge in [-0.05, 0) is 35.7 Å². The number of hydrogen-bond donors (Lipinski definition) is 1. The minimum atomic E-state index is -0.454. The maximum atomic E-state index is 13.6. The summed E-state index contributed by atoms with van der Waals surface area (Å²) < 4.78 is 14.8. The van der Waals surface area contributed by atoms with Gasteiger partial charge < -0.3 is 5.32 Å². The smallest absolute Gasteiger partial charge is 0.257 e. The Kier molecular flexibility index (Phi) is 4.40. The van der Waals surface area contributed by atoms with Crippen LogP contribution in [0.5, 0.6) is 0 Å². The lowest BCUT2D eigenvalue weighted by molar-refractivity contribution is 0.0941. The average Bonchev–Trinajstić information content (AvgIpc) is 2.94. The largest absolute Gasteiger partial charge is 0.322 e. The number of carbonyl (C=O) groups excluding carboxylic acids is 2. The molecule has 25 heavy (non-hydrogen) atoms. The first-order chi connectivity index (χ1) is 11.9. The zero-order valence-corrected chi connectivity index (χ0v) is 14.3. The van der Waals surface area contributed by atoms with Crippen molar-refractivity contribution in [1.29, 1.82) is 0 Å². The van der Waals surface area contributed by atoms with Crippen molar-refractivity contribution in [3.8, 4) is 0 Å². The van der Waals surface area contributed by atoms with Crippen LogP contribution < -0.4 is 5.32 Å². The number of benzene rings is 2. The molecule has 0 bridgehead atoms. The van der Waals surface area contributed by atoms with Gasteiger partial charge in [-0.25, -0.2) is 4.39 Å². The number of rotatable bonds is 3. The summed E-state index contributed by atoms with van der Waals surface area (Å²) in [6.07, 6.45) is 1.46. The van der Waals surface area contributed by atoms with Crippen LogP contribution in [0.15, 0.2) is 48.7 Å². The number of nitrogens with zero attached hydrogens (tertiary/aromatic N) is 1. The molecule has 128 valence electrons. The first kappa shape index (κ1) is 16.9. The fourth-order valence-corrected chi connectivity index (χ4v) is 2.95. The third-order valence-corrected chi connectivity index (χ3v) is 4.18. The molecule has 1 amide bonds. The zero-order valence-electron chi connectivity index (χ0n) is 14.3. The van der Waals surface area contributed by atoms with E-state index < -0.39 is 5.82 Å². The molecule has 0 saturated carbocycles. The van der Waals surface area contributed by atoms with E-state index in [1.807, 2.05) is 24.3 Å². The highest BCUT2D eigenvalue weighted by Gasteiger charge is 2.18. The van der Waals surface area contributed by atoms with Gasteiger partial charge in [-0.3, -0.25) is 14.2 Å². The molecule has 0 radical (unpaired) electrons. The molecule has 1 N–H and O–H groups in total. The Morgan fingerprint density at radius 2 is 1.84 bits per heavy atom. The zero-order chi connectivity index (χ0) is 18.1. The van der Waals surface area contributed by atoms with Crippen molar-refractivity contribution >= 4 is 28.4 Å². The van der Waals surface area contributed by atoms with Crippen LogP contribution in [0.1, 0.15) is 47.4 Å². The van der Waals surface area contributed by atoms with E-state index in [1.54, 1.807) is 0 Å². The maximum absolute atomic E-state index is 13.6. The number of para-hydroxylation sites is 1. The van der Waals surface area contributed by atoms with E-state index in [-0.39, 0.29) is 17.7 Å². The molecule has 2 aromatic carbocycles. The first-order valence-electron chi connectivity index (χ1n) is 8.10. The van der Waals surface area contributed by atoms with Gasteiger partial charge in [-0.2, -0.15) is 0 Å². The monoisotopic (exact) mass is 338 g/mol. The molecule has 1 aromatic heterocycles. The number of aromatic nitrogens is 1. The molecule has 0 aliphatic carbocycles. The van der Waals surface area contributed by atoms with Gasteiger partial charge in [0.25, 0.3) is 5.91 Å². The molecule has 3 aromatic rings. The number of halogens is 1. The topological polar surface area (TPSA) is 51.1 Å². The van der Waals surface area contributed by atoms with Crippen LogP contribution in [-0.4, -0.2) is 16.4 Å². The number of hydrogen-bond acceptors (Lipinski definition) is 2. The van der Waals surface area contributed by atoms with Crippen LogP contribution in [0, 0.1) is 5.82 Å². The SMILES string of the molecule is CC(=O)n1cc(C(=O)Nc2ccccc2C(C)C)c2ccc(F)cc21. The van der Waals surface area contributed by atoms with Crippen LogP contribution in [0.25, 0.3) is 10.9 Å². The molecular weight excluding hydrogens is 319 g/mol. The molecule has 3 rings (SSSR count). The molecule has 0 aliphatic rings. The van der Waals surface area contributed by atoms with E-state index in [1.165, 1.54) is 35.9 Å². The molecule has 4 nitrogen and oxygen atoms in total. The molecule has 0 unspecified atom stereocenters. The summed E-state index contributed by atoms with van der Waals surface area (Å²) >= 11 is 0. The number of carbonyl (C=O) groups is 2. The number of amides is 1. The molecule has 0 atom stereocenters. The van der Waals surface area contributed by atoms with E-state index in [9.17, 15) is 14.0 Å². The minimum absolute atomic E-state index is 0.254. The highest BCUT2D eigenvalue weighted by Crippen LogP contribution is 2.27. The Balaban J connectivity index is 2.05. The van der Waals surface area contributed by atoms with E-state index >= 15 is 0 Å². The van der Waals surface area contributed by atoms with E-state index in [0.717, 1.165) is 11.3 Å². The summed E-state index contributed by atoms with van der Waals surface area (Å²) in [4.78, 5) is 24.6. The number of fused-ring (bicyclic) bond motifs is 1. The normalized spacial score (nSPS) is 11.1.